The van der Waals surface area contributed by atoms with Gasteiger partial charge < -0.3 is 19.7 Å². The van der Waals surface area contributed by atoms with Crippen molar-refractivity contribution < 1.29 is 29.3 Å². The minimum Gasteiger partial charge on any atom is -0.459 e. The van der Waals surface area contributed by atoms with Crippen LogP contribution in [0.15, 0.2) is 0 Å². The van der Waals surface area contributed by atoms with Crippen molar-refractivity contribution in [1.29, 1.82) is 0 Å². The zero-order valence-electron chi connectivity index (χ0n) is 13.6. The third-order valence-electron chi connectivity index (χ3n) is 4.69. The lowest BCUT2D eigenvalue weighted by Gasteiger charge is -2.22. The van der Waals surface area contributed by atoms with Gasteiger partial charge >= 0.3 is 11.9 Å². The first-order valence-electron chi connectivity index (χ1n) is 8.81. The zero-order chi connectivity index (χ0) is 16.7. The van der Waals surface area contributed by atoms with Gasteiger partial charge in [-0.25, -0.2) is 0 Å². The van der Waals surface area contributed by atoms with E-state index in [9.17, 15) is 19.8 Å². The summed E-state index contributed by atoms with van der Waals surface area (Å²) in [6.45, 7) is 0. The second kappa shape index (κ2) is 9.23. The molecule has 6 nitrogen and oxygen atoms in total. The predicted molar refractivity (Wildman–Crippen MR) is 82.6 cm³/mol. The summed E-state index contributed by atoms with van der Waals surface area (Å²) in [7, 11) is 0. The van der Waals surface area contributed by atoms with Crippen LogP contribution in [0.25, 0.3) is 0 Å². The number of rotatable bonds is 4. The molecule has 4 atom stereocenters. The molecule has 0 amide bonds. The average molecular weight is 328 g/mol. The van der Waals surface area contributed by atoms with E-state index in [2.05, 4.69) is 0 Å². The summed E-state index contributed by atoms with van der Waals surface area (Å²) in [5, 5.41) is 19.9. The number of carbonyl (C=O) groups excluding carboxylic acids is 2. The third-order valence-corrected chi connectivity index (χ3v) is 4.69. The number of aliphatic hydroxyl groups is 2. The maximum atomic E-state index is 11.9. The van der Waals surface area contributed by atoms with Crippen molar-refractivity contribution in [1.82, 2.24) is 0 Å². The molecule has 2 N–H and O–H groups in total. The first-order chi connectivity index (χ1) is 11.1. The highest BCUT2D eigenvalue weighted by atomic mass is 16.6. The Hall–Kier alpha value is -1.14. The largest absolute Gasteiger partial charge is 0.459 e. The van der Waals surface area contributed by atoms with Crippen LogP contribution in [0.2, 0.25) is 0 Å². The summed E-state index contributed by atoms with van der Waals surface area (Å²) in [5.41, 5.74) is 0. The van der Waals surface area contributed by atoms with Gasteiger partial charge in [0.05, 0.1) is 12.2 Å². The molecule has 2 saturated carbocycles. The van der Waals surface area contributed by atoms with Crippen molar-refractivity contribution in [2.75, 3.05) is 0 Å². The van der Waals surface area contributed by atoms with Gasteiger partial charge in [0.25, 0.3) is 0 Å². The minimum atomic E-state index is -0.663. The van der Waals surface area contributed by atoms with Gasteiger partial charge in [-0.15, -0.1) is 0 Å². The Morgan fingerprint density at radius 2 is 1.09 bits per heavy atom. The molecular formula is C17H28O6. The highest BCUT2D eigenvalue weighted by Gasteiger charge is 2.29. The average Bonchev–Trinajstić information content (AvgIpc) is 2.81. The molecule has 0 aromatic rings. The lowest BCUT2D eigenvalue weighted by Crippen LogP contribution is -2.33. The van der Waals surface area contributed by atoms with Crippen LogP contribution in [0, 0.1) is 0 Å². The number of carbonyl (C=O) groups is 2. The third kappa shape index (κ3) is 6.11. The fourth-order valence-corrected chi connectivity index (χ4v) is 3.32. The van der Waals surface area contributed by atoms with E-state index in [0.717, 1.165) is 38.5 Å². The van der Waals surface area contributed by atoms with Gasteiger partial charge in [-0.1, -0.05) is 25.7 Å². The van der Waals surface area contributed by atoms with Crippen LogP contribution >= 0.6 is 0 Å². The number of aliphatic hydroxyl groups excluding tert-OH is 2. The molecule has 2 aliphatic rings. The molecular weight excluding hydrogens is 300 g/mol. The van der Waals surface area contributed by atoms with Gasteiger partial charge in [0, 0.05) is 0 Å². The molecule has 0 bridgehead atoms. The van der Waals surface area contributed by atoms with Crippen molar-refractivity contribution in [3.63, 3.8) is 0 Å². The second-order valence-corrected chi connectivity index (χ2v) is 6.64. The fraction of sp³-hybridized carbons (Fsp3) is 0.882. The Labute approximate surface area is 137 Å². The van der Waals surface area contributed by atoms with E-state index in [1.807, 2.05) is 0 Å². The van der Waals surface area contributed by atoms with Gasteiger partial charge in [0.15, 0.2) is 0 Å². The van der Waals surface area contributed by atoms with Crippen molar-refractivity contribution in [3.05, 3.63) is 0 Å². The van der Waals surface area contributed by atoms with Crippen molar-refractivity contribution in [2.45, 2.75) is 95.0 Å². The summed E-state index contributed by atoms with van der Waals surface area (Å²) in [4.78, 5) is 23.7. The summed E-state index contributed by atoms with van der Waals surface area (Å²) in [6, 6.07) is 0. The molecule has 2 fully saturated rings. The summed E-state index contributed by atoms with van der Waals surface area (Å²) < 4.78 is 10.5. The van der Waals surface area contributed by atoms with Crippen LogP contribution in [-0.4, -0.2) is 46.6 Å². The van der Waals surface area contributed by atoms with Crippen LogP contribution in [0.1, 0.15) is 70.6 Å². The maximum absolute atomic E-state index is 11.9. The standard InChI is InChI=1S/C17H28O6/c18-12-7-3-1-5-9-14(12)22-16(20)11-17(21)23-15-10-6-2-4-8-13(15)19/h12-15,18-19H,1-11H2/t12-,13+,14-,15+. The van der Waals surface area contributed by atoms with Crippen LogP contribution in [-0.2, 0) is 19.1 Å². The Bertz CT molecular complexity index is 361. The van der Waals surface area contributed by atoms with Crippen molar-refractivity contribution >= 4 is 11.9 Å². The van der Waals surface area contributed by atoms with Gasteiger partial charge in [-0.05, 0) is 38.5 Å². The molecule has 132 valence electrons. The van der Waals surface area contributed by atoms with Gasteiger partial charge in [0.1, 0.15) is 18.6 Å². The molecule has 0 saturated heterocycles. The Balaban J connectivity index is 1.76. The first-order valence-corrected chi connectivity index (χ1v) is 8.81. The topological polar surface area (TPSA) is 93.1 Å². The monoisotopic (exact) mass is 328 g/mol. The smallest absolute Gasteiger partial charge is 0.317 e. The summed E-state index contributed by atoms with van der Waals surface area (Å²) in [5.74, 6) is -1.33. The molecule has 0 radical (unpaired) electrons. The van der Waals surface area contributed by atoms with Crippen LogP contribution in [0.5, 0.6) is 0 Å². The Morgan fingerprint density at radius 3 is 1.52 bits per heavy atom. The number of hydrogen-bond donors (Lipinski definition) is 2. The Kier molecular flexibility index (Phi) is 7.30. The summed E-state index contributed by atoms with van der Waals surface area (Å²) >= 11 is 0. The van der Waals surface area contributed by atoms with E-state index in [1.54, 1.807) is 0 Å². The number of hydrogen-bond acceptors (Lipinski definition) is 6. The molecule has 0 spiro atoms. The normalized spacial score (nSPS) is 32.4. The molecule has 6 heteroatoms. The van der Waals surface area contributed by atoms with Crippen molar-refractivity contribution in [2.24, 2.45) is 0 Å². The van der Waals surface area contributed by atoms with E-state index in [-0.39, 0.29) is 0 Å². The fourth-order valence-electron chi connectivity index (χ4n) is 3.32. The summed E-state index contributed by atoms with van der Waals surface area (Å²) in [6.07, 6.45) is 5.39. The van der Waals surface area contributed by atoms with Gasteiger partial charge in [-0.3, -0.25) is 9.59 Å². The molecule has 2 rings (SSSR count). The molecule has 0 unspecified atom stereocenters. The van der Waals surface area contributed by atoms with Crippen LogP contribution in [0.3, 0.4) is 0 Å². The molecule has 0 aliphatic heterocycles. The Morgan fingerprint density at radius 1 is 0.696 bits per heavy atom. The van der Waals surface area contributed by atoms with Crippen LogP contribution < -0.4 is 0 Å². The van der Waals surface area contributed by atoms with Gasteiger partial charge in [0.2, 0.25) is 0 Å². The van der Waals surface area contributed by atoms with Gasteiger partial charge in [-0.2, -0.15) is 0 Å². The molecule has 0 aromatic carbocycles. The first kappa shape index (κ1) is 18.2. The molecule has 2 aliphatic carbocycles. The van der Waals surface area contributed by atoms with E-state index in [4.69, 9.17) is 9.47 Å². The van der Waals surface area contributed by atoms with E-state index in [1.165, 1.54) is 0 Å². The SMILES string of the molecule is O=C(CC(=O)O[C@@H]1CCCCC[C@H]1O)O[C@H]1CCCCC[C@@H]1O. The number of esters is 2. The predicted octanol–water partition coefficient (Wildman–Crippen LogP) is 1.85. The molecule has 0 aromatic heterocycles. The van der Waals surface area contributed by atoms with Crippen LogP contribution in [0.4, 0.5) is 0 Å². The van der Waals surface area contributed by atoms with E-state index < -0.39 is 42.8 Å². The van der Waals surface area contributed by atoms with E-state index >= 15 is 0 Å². The highest BCUT2D eigenvalue weighted by molar-refractivity contribution is 5.91. The highest BCUT2D eigenvalue weighted by Crippen LogP contribution is 2.22. The molecule has 0 heterocycles. The van der Waals surface area contributed by atoms with Crippen molar-refractivity contribution in [3.8, 4) is 0 Å². The van der Waals surface area contributed by atoms with E-state index in [0.29, 0.717) is 25.7 Å². The lowest BCUT2D eigenvalue weighted by molar-refractivity contribution is -0.167. The second-order valence-electron chi connectivity index (χ2n) is 6.64. The maximum Gasteiger partial charge on any atom is 0.317 e. The quantitative estimate of drug-likeness (QED) is 0.465. The molecule has 23 heavy (non-hydrogen) atoms. The minimum absolute atomic E-state index is 0.466. The number of ether oxygens (including phenoxy) is 2. The lowest BCUT2D eigenvalue weighted by atomic mass is 10.1. The zero-order valence-corrected chi connectivity index (χ0v) is 13.6.